The third kappa shape index (κ3) is 2.62. The normalized spacial score (nSPS) is 16.9. The molecular weight excluding hydrogens is 282 g/mol. The van der Waals surface area contributed by atoms with Gasteiger partial charge in [0.25, 0.3) is 5.91 Å². The summed E-state index contributed by atoms with van der Waals surface area (Å²) in [5.74, 6) is -1.31. The lowest BCUT2D eigenvalue weighted by Gasteiger charge is -2.32. The molecule has 1 amide bonds. The van der Waals surface area contributed by atoms with Crippen LogP contribution in [0.25, 0.3) is 0 Å². The number of carboxylic acids is 1. The summed E-state index contributed by atoms with van der Waals surface area (Å²) in [6.07, 6.45) is 3.74. The number of carboxylic acid groups (broad SMARTS) is 1. The number of hydrogen-bond acceptors (Lipinski definition) is 3. The van der Waals surface area contributed by atoms with Crippen LogP contribution in [0, 0.1) is 0 Å². The summed E-state index contributed by atoms with van der Waals surface area (Å²) in [5.41, 5.74) is 2.60. The molecule has 22 heavy (non-hydrogen) atoms. The number of furan rings is 1. The number of nitrogens with zero attached hydrogens (tertiary/aromatic N) is 1. The maximum atomic E-state index is 12.4. The average Bonchev–Trinajstić information content (AvgIpc) is 3.03. The molecule has 1 aromatic heterocycles. The van der Waals surface area contributed by atoms with Crippen LogP contribution in [0.1, 0.15) is 38.5 Å². The highest BCUT2D eigenvalue weighted by atomic mass is 16.4. The second kappa shape index (κ2) is 5.67. The molecule has 0 aliphatic heterocycles. The van der Waals surface area contributed by atoms with E-state index in [9.17, 15) is 9.59 Å². The lowest BCUT2D eigenvalue weighted by atomic mass is 9.87. The Hall–Kier alpha value is -2.56. The van der Waals surface area contributed by atoms with Crippen LogP contribution < -0.4 is 0 Å². The van der Waals surface area contributed by atoms with E-state index < -0.39 is 5.97 Å². The standard InChI is InChI=1S/C17H17NO4/c1-18(16(19)15-9-13(10-22-15)17(20)21)14-7-6-11-4-2-3-5-12(11)8-14/h2-5,9-10,14H,6-8H2,1H3,(H,20,21). The highest BCUT2D eigenvalue weighted by Gasteiger charge is 2.27. The van der Waals surface area contributed by atoms with E-state index in [-0.39, 0.29) is 23.3 Å². The minimum Gasteiger partial charge on any atom is -0.478 e. The molecule has 1 aliphatic carbocycles. The minimum absolute atomic E-state index is 0.00857. The van der Waals surface area contributed by atoms with Gasteiger partial charge >= 0.3 is 5.97 Å². The highest BCUT2D eigenvalue weighted by Crippen LogP contribution is 2.25. The zero-order valence-corrected chi connectivity index (χ0v) is 12.3. The third-order valence-electron chi connectivity index (χ3n) is 4.25. The average molecular weight is 299 g/mol. The van der Waals surface area contributed by atoms with Gasteiger partial charge in [-0.15, -0.1) is 0 Å². The number of hydrogen-bond donors (Lipinski definition) is 1. The zero-order chi connectivity index (χ0) is 15.7. The molecule has 1 atom stereocenters. The summed E-state index contributed by atoms with van der Waals surface area (Å²) in [6, 6.07) is 9.63. The van der Waals surface area contributed by atoms with Gasteiger partial charge in [0.1, 0.15) is 6.26 Å². The molecule has 1 heterocycles. The fraction of sp³-hybridized carbons (Fsp3) is 0.294. The van der Waals surface area contributed by atoms with Gasteiger partial charge in [-0.3, -0.25) is 4.79 Å². The Morgan fingerprint density at radius 3 is 2.68 bits per heavy atom. The molecular formula is C17H17NO4. The molecule has 0 radical (unpaired) electrons. The quantitative estimate of drug-likeness (QED) is 0.945. The van der Waals surface area contributed by atoms with E-state index in [4.69, 9.17) is 9.52 Å². The number of benzene rings is 1. The predicted octanol–water partition coefficient (Wildman–Crippen LogP) is 2.61. The van der Waals surface area contributed by atoms with Crippen LogP contribution in [0.15, 0.2) is 41.0 Å². The largest absolute Gasteiger partial charge is 0.478 e. The minimum atomic E-state index is -1.10. The number of amides is 1. The Labute approximate surface area is 128 Å². The Bertz CT molecular complexity index is 719. The molecule has 0 fully saturated rings. The number of aromatic carboxylic acids is 1. The summed E-state index contributed by atoms with van der Waals surface area (Å²) in [4.78, 5) is 24.9. The fourth-order valence-electron chi connectivity index (χ4n) is 2.91. The first-order valence-electron chi connectivity index (χ1n) is 7.22. The van der Waals surface area contributed by atoms with Crippen molar-refractivity contribution < 1.29 is 19.1 Å². The van der Waals surface area contributed by atoms with Crippen LogP contribution in [0.3, 0.4) is 0 Å². The number of carbonyl (C=O) groups excluding carboxylic acids is 1. The summed E-state index contributed by atoms with van der Waals surface area (Å²) in [6.45, 7) is 0. The van der Waals surface area contributed by atoms with Crippen LogP contribution in [0.5, 0.6) is 0 Å². The van der Waals surface area contributed by atoms with Crippen molar-refractivity contribution in [3.05, 3.63) is 59.0 Å². The Morgan fingerprint density at radius 1 is 1.27 bits per heavy atom. The Balaban J connectivity index is 1.75. The first-order valence-corrected chi connectivity index (χ1v) is 7.22. The number of rotatable bonds is 3. The van der Waals surface area contributed by atoms with Crippen molar-refractivity contribution in [2.75, 3.05) is 7.05 Å². The monoisotopic (exact) mass is 299 g/mol. The fourth-order valence-corrected chi connectivity index (χ4v) is 2.91. The molecule has 5 nitrogen and oxygen atoms in total. The summed E-state index contributed by atoms with van der Waals surface area (Å²) in [5, 5.41) is 8.89. The van der Waals surface area contributed by atoms with Crippen molar-refractivity contribution in [2.24, 2.45) is 0 Å². The lowest BCUT2D eigenvalue weighted by molar-refractivity contribution is 0.0681. The molecule has 3 rings (SSSR count). The molecule has 1 unspecified atom stereocenters. The summed E-state index contributed by atoms with van der Waals surface area (Å²) < 4.78 is 5.10. The maximum Gasteiger partial charge on any atom is 0.338 e. The molecule has 0 bridgehead atoms. The smallest absolute Gasteiger partial charge is 0.338 e. The van der Waals surface area contributed by atoms with E-state index in [1.807, 2.05) is 12.1 Å². The van der Waals surface area contributed by atoms with Crippen LogP contribution >= 0.6 is 0 Å². The van der Waals surface area contributed by atoms with Crippen molar-refractivity contribution in [2.45, 2.75) is 25.3 Å². The highest BCUT2D eigenvalue weighted by molar-refractivity contribution is 5.95. The van der Waals surface area contributed by atoms with Crippen molar-refractivity contribution in [3.63, 3.8) is 0 Å². The number of carbonyl (C=O) groups is 2. The van der Waals surface area contributed by atoms with E-state index in [1.165, 1.54) is 17.2 Å². The van der Waals surface area contributed by atoms with Crippen LogP contribution in [0.2, 0.25) is 0 Å². The molecule has 0 saturated heterocycles. The van der Waals surface area contributed by atoms with Crippen LogP contribution in [-0.2, 0) is 12.8 Å². The van der Waals surface area contributed by atoms with Gasteiger partial charge in [0.2, 0.25) is 0 Å². The van der Waals surface area contributed by atoms with Gasteiger partial charge in [-0.1, -0.05) is 24.3 Å². The Kier molecular flexibility index (Phi) is 3.71. The van der Waals surface area contributed by atoms with Crippen molar-refractivity contribution in [3.8, 4) is 0 Å². The van der Waals surface area contributed by atoms with E-state index in [1.54, 1.807) is 11.9 Å². The van der Waals surface area contributed by atoms with E-state index in [0.717, 1.165) is 25.5 Å². The molecule has 0 spiro atoms. The maximum absolute atomic E-state index is 12.4. The Morgan fingerprint density at radius 2 is 2.00 bits per heavy atom. The van der Waals surface area contributed by atoms with E-state index in [0.29, 0.717) is 0 Å². The molecule has 1 aromatic carbocycles. The van der Waals surface area contributed by atoms with Crippen molar-refractivity contribution in [1.82, 2.24) is 4.90 Å². The topological polar surface area (TPSA) is 70.8 Å². The van der Waals surface area contributed by atoms with Gasteiger partial charge in [0.15, 0.2) is 5.76 Å². The zero-order valence-electron chi connectivity index (χ0n) is 12.3. The molecule has 5 heteroatoms. The molecule has 1 N–H and O–H groups in total. The molecule has 2 aromatic rings. The molecule has 1 aliphatic rings. The SMILES string of the molecule is CN(C(=O)c1cc(C(=O)O)co1)C1CCc2ccccc2C1. The van der Waals surface area contributed by atoms with Crippen molar-refractivity contribution >= 4 is 11.9 Å². The molecule has 114 valence electrons. The van der Waals surface area contributed by atoms with Gasteiger partial charge in [-0.25, -0.2) is 4.79 Å². The van der Waals surface area contributed by atoms with E-state index in [2.05, 4.69) is 12.1 Å². The predicted molar refractivity (Wildman–Crippen MR) is 80.0 cm³/mol. The van der Waals surface area contributed by atoms with Crippen LogP contribution in [-0.4, -0.2) is 35.0 Å². The van der Waals surface area contributed by atoms with Gasteiger partial charge in [-0.2, -0.15) is 0 Å². The number of likely N-dealkylation sites (N-methyl/N-ethyl adjacent to an activating group) is 1. The van der Waals surface area contributed by atoms with Gasteiger partial charge in [-0.05, 0) is 30.4 Å². The third-order valence-corrected chi connectivity index (χ3v) is 4.25. The number of aryl methyl sites for hydroxylation is 1. The molecule has 0 saturated carbocycles. The van der Waals surface area contributed by atoms with Gasteiger partial charge < -0.3 is 14.4 Å². The van der Waals surface area contributed by atoms with Crippen LogP contribution in [0.4, 0.5) is 0 Å². The lowest BCUT2D eigenvalue weighted by Crippen LogP contribution is -2.40. The van der Waals surface area contributed by atoms with E-state index >= 15 is 0 Å². The second-order valence-electron chi connectivity index (χ2n) is 5.59. The van der Waals surface area contributed by atoms with Gasteiger partial charge in [0.05, 0.1) is 5.56 Å². The second-order valence-corrected chi connectivity index (χ2v) is 5.59. The summed E-state index contributed by atoms with van der Waals surface area (Å²) in [7, 11) is 1.74. The first-order chi connectivity index (χ1) is 10.6. The van der Waals surface area contributed by atoms with Crippen molar-refractivity contribution in [1.29, 1.82) is 0 Å². The van der Waals surface area contributed by atoms with Gasteiger partial charge in [0, 0.05) is 19.2 Å². The number of fused-ring (bicyclic) bond motifs is 1. The first kappa shape index (κ1) is 14.4. The summed E-state index contributed by atoms with van der Waals surface area (Å²) >= 11 is 0.